The molecule has 23 heavy (non-hydrogen) atoms. The van der Waals surface area contributed by atoms with Gasteiger partial charge in [-0.25, -0.2) is 21.8 Å². The molecule has 1 aliphatic heterocycles. The molecule has 8 nitrogen and oxygen atoms in total. The molecule has 0 spiro atoms. The van der Waals surface area contributed by atoms with Crippen LogP contribution in [-0.4, -0.2) is 67.3 Å². The fourth-order valence-corrected chi connectivity index (χ4v) is 5.13. The van der Waals surface area contributed by atoms with Gasteiger partial charge in [0, 0.05) is 26.2 Å². The predicted molar refractivity (Wildman–Crippen MR) is 85.9 cm³/mol. The molecular weight excluding hydrogens is 340 g/mol. The van der Waals surface area contributed by atoms with E-state index in [0.717, 1.165) is 0 Å². The molecule has 1 N–H and O–H groups in total. The zero-order valence-electron chi connectivity index (χ0n) is 12.6. The van der Waals surface area contributed by atoms with Gasteiger partial charge in [-0.1, -0.05) is 0 Å². The lowest BCUT2D eigenvalue weighted by Crippen LogP contribution is -2.50. The lowest BCUT2D eigenvalue weighted by Gasteiger charge is -2.33. The van der Waals surface area contributed by atoms with Gasteiger partial charge < -0.3 is 4.98 Å². The van der Waals surface area contributed by atoms with E-state index in [1.54, 1.807) is 19.1 Å². The Morgan fingerprint density at radius 3 is 2.39 bits per heavy atom. The van der Waals surface area contributed by atoms with Crippen molar-refractivity contribution in [3.05, 3.63) is 24.5 Å². The van der Waals surface area contributed by atoms with Gasteiger partial charge in [0.2, 0.25) is 20.0 Å². The number of rotatable bonds is 4. The number of nitrogens with one attached hydrogen (secondary N) is 1. The van der Waals surface area contributed by atoms with Gasteiger partial charge in [-0.05, 0) is 25.1 Å². The van der Waals surface area contributed by atoms with Crippen LogP contribution in [0.15, 0.2) is 29.4 Å². The summed E-state index contributed by atoms with van der Waals surface area (Å²) in [5.74, 6) is 0.0240. The zero-order valence-corrected chi connectivity index (χ0v) is 14.3. The molecule has 126 valence electrons. The van der Waals surface area contributed by atoms with E-state index in [1.807, 2.05) is 0 Å². The minimum absolute atomic E-state index is 0.0240. The summed E-state index contributed by atoms with van der Waals surface area (Å²) in [6, 6.07) is 4.72. The molecule has 1 fully saturated rings. The Morgan fingerprint density at radius 2 is 1.74 bits per heavy atom. The lowest BCUT2D eigenvalue weighted by molar-refractivity contribution is 0.273. The number of hydrogen-bond donors (Lipinski definition) is 1. The highest BCUT2D eigenvalue weighted by molar-refractivity contribution is 7.89. The van der Waals surface area contributed by atoms with Crippen LogP contribution in [0.25, 0.3) is 11.0 Å². The van der Waals surface area contributed by atoms with Crippen molar-refractivity contribution >= 4 is 31.1 Å². The number of H-pyrrole nitrogens is 1. The van der Waals surface area contributed by atoms with Gasteiger partial charge in [0.05, 0.1) is 28.0 Å². The number of nitrogens with zero attached hydrogens (tertiary/aromatic N) is 3. The SMILES string of the molecule is CCS(=O)(=O)N1CCN(S(=O)(=O)c2ccc3nc[nH]c3c2)CC1. The number of piperazine rings is 1. The van der Waals surface area contributed by atoms with Crippen LogP contribution in [0.4, 0.5) is 0 Å². The van der Waals surface area contributed by atoms with Gasteiger partial charge in [-0.3, -0.25) is 0 Å². The van der Waals surface area contributed by atoms with Gasteiger partial charge >= 0.3 is 0 Å². The van der Waals surface area contributed by atoms with E-state index in [9.17, 15) is 16.8 Å². The molecule has 1 aromatic carbocycles. The summed E-state index contributed by atoms with van der Waals surface area (Å²) < 4.78 is 51.8. The molecule has 1 saturated heterocycles. The Balaban J connectivity index is 1.81. The van der Waals surface area contributed by atoms with E-state index >= 15 is 0 Å². The van der Waals surface area contributed by atoms with Crippen LogP contribution < -0.4 is 0 Å². The van der Waals surface area contributed by atoms with Gasteiger partial charge in [0.15, 0.2) is 0 Å². The van der Waals surface area contributed by atoms with Crippen LogP contribution in [0.2, 0.25) is 0 Å². The molecule has 0 unspecified atom stereocenters. The van der Waals surface area contributed by atoms with E-state index in [2.05, 4.69) is 9.97 Å². The summed E-state index contributed by atoms with van der Waals surface area (Å²) in [6.45, 7) is 2.26. The molecule has 10 heteroatoms. The maximum absolute atomic E-state index is 12.7. The number of fused-ring (bicyclic) bond motifs is 1. The summed E-state index contributed by atoms with van der Waals surface area (Å²) in [5, 5.41) is 0. The van der Waals surface area contributed by atoms with Gasteiger partial charge in [0.25, 0.3) is 0 Å². The van der Waals surface area contributed by atoms with E-state index in [1.165, 1.54) is 21.0 Å². The quantitative estimate of drug-likeness (QED) is 0.842. The Morgan fingerprint density at radius 1 is 1.09 bits per heavy atom. The molecule has 0 bridgehead atoms. The monoisotopic (exact) mass is 358 g/mol. The third-order valence-corrected chi connectivity index (χ3v) is 7.76. The van der Waals surface area contributed by atoms with Crippen LogP contribution >= 0.6 is 0 Å². The average Bonchev–Trinajstić information content (AvgIpc) is 3.02. The summed E-state index contributed by atoms with van der Waals surface area (Å²) in [5.41, 5.74) is 1.35. The smallest absolute Gasteiger partial charge is 0.243 e. The zero-order chi connectivity index (χ0) is 16.7. The molecule has 3 rings (SSSR count). The fraction of sp³-hybridized carbons (Fsp3) is 0.462. The van der Waals surface area contributed by atoms with E-state index in [4.69, 9.17) is 0 Å². The van der Waals surface area contributed by atoms with Crippen LogP contribution in [0, 0.1) is 0 Å². The molecule has 0 saturated carbocycles. The largest absolute Gasteiger partial charge is 0.345 e. The minimum Gasteiger partial charge on any atom is -0.345 e. The molecule has 0 aliphatic carbocycles. The van der Waals surface area contributed by atoms with Crippen molar-refractivity contribution in [2.24, 2.45) is 0 Å². The molecule has 0 radical (unpaired) electrons. The van der Waals surface area contributed by atoms with Gasteiger partial charge in [0.1, 0.15) is 0 Å². The van der Waals surface area contributed by atoms with Crippen LogP contribution in [0.1, 0.15) is 6.92 Å². The number of sulfonamides is 2. The molecule has 0 amide bonds. The maximum atomic E-state index is 12.7. The number of hydrogen-bond acceptors (Lipinski definition) is 5. The summed E-state index contributed by atoms with van der Waals surface area (Å²) in [7, 11) is -6.92. The highest BCUT2D eigenvalue weighted by Crippen LogP contribution is 2.21. The second-order valence-electron chi connectivity index (χ2n) is 5.29. The van der Waals surface area contributed by atoms with E-state index in [0.29, 0.717) is 11.0 Å². The first-order chi connectivity index (χ1) is 10.8. The molecular formula is C13H18N4O4S2. The van der Waals surface area contributed by atoms with Crippen molar-refractivity contribution in [2.75, 3.05) is 31.9 Å². The third-order valence-electron chi connectivity index (χ3n) is 3.99. The van der Waals surface area contributed by atoms with E-state index < -0.39 is 20.0 Å². The predicted octanol–water partition coefficient (Wildman–Crippen LogP) is 0.219. The summed E-state index contributed by atoms with van der Waals surface area (Å²) in [6.07, 6.45) is 1.51. The second-order valence-corrected chi connectivity index (χ2v) is 9.48. The van der Waals surface area contributed by atoms with Crippen molar-refractivity contribution < 1.29 is 16.8 Å². The number of aromatic amines is 1. The standard InChI is InChI=1S/C13H18N4O4S2/c1-2-22(18,19)16-5-7-17(8-6-16)23(20,21)11-3-4-12-13(9-11)15-10-14-12/h3-4,9-10H,2,5-8H2,1H3,(H,14,15). The normalized spacial score (nSPS) is 18.5. The minimum atomic E-state index is -3.64. The van der Waals surface area contributed by atoms with Crippen molar-refractivity contribution in [1.82, 2.24) is 18.6 Å². The van der Waals surface area contributed by atoms with Gasteiger partial charge in [-0.2, -0.15) is 8.61 Å². The highest BCUT2D eigenvalue weighted by atomic mass is 32.2. The average molecular weight is 358 g/mol. The number of imidazole rings is 1. The van der Waals surface area contributed by atoms with E-state index in [-0.39, 0.29) is 36.8 Å². The first-order valence-electron chi connectivity index (χ1n) is 7.26. The molecule has 2 aromatic rings. The van der Waals surface area contributed by atoms with Crippen molar-refractivity contribution in [3.8, 4) is 0 Å². The Bertz CT molecular complexity index is 912. The fourth-order valence-electron chi connectivity index (χ4n) is 2.60. The maximum Gasteiger partial charge on any atom is 0.243 e. The summed E-state index contributed by atoms with van der Waals surface area (Å²) in [4.78, 5) is 7.13. The first kappa shape index (κ1) is 16.4. The number of benzene rings is 1. The first-order valence-corrected chi connectivity index (χ1v) is 10.3. The molecule has 2 heterocycles. The molecule has 1 aromatic heterocycles. The van der Waals surface area contributed by atoms with Gasteiger partial charge in [-0.15, -0.1) is 0 Å². The van der Waals surface area contributed by atoms with Crippen LogP contribution in [0.5, 0.6) is 0 Å². The molecule has 0 atom stereocenters. The van der Waals surface area contributed by atoms with Crippen molar-refractivity contribution in [1.29, 1.82) is 0 Å². The molecule has 1 aliphatic rings. The summed E-state index contributed by atoms with van der Waals surface area (Å²) >= 11 is 0. The third kappa shape index (κ3) is 2.99. The van der Waals surface area contributed by atoms with Crippen molar-refractivity contribution in [2.45, 2.75) is 11.8 Å². The Labute approximate surface area is 135 Å². The Hall–Kier alpha value is -1.49. The van der Waals surface area contributed by atoms with Crippen LogP contribution in [-0.2, 0) is 20.0 Å². The van der Waals surface area contributed by atoms with Crippen LogP contribution in [0.3, 0.4) is 0 Å². The Kier molecular flexibility index (Phi) is 4.17. The number of aromatic nitrogens is 2. The van der Waals surface area contributed by atoms with Crippen molar-refractivity contribution in [3.63, 3.8) is 0 Å². The highest BCUT2D eigenvalue weighted by Gasteiger charge is 2.32. The lowest BCUT2D eigenvalue weighted by atomic mass is 10.3. The second kappa shape index (κ2) is 5.86. The topological polar surface area (TPSA) is 103 Å².